The lowest BCUT2D eigenvalue weighted by Gasteiger charge is -2.32. The van der Waals surface area contributed by atoms with Crippen molar-refractivity contribution < 1.29 is 9.50 Å². The molecule has 2 atom stereocenters. The largest absolute Gasteiger partial charge is 0.390 e. The van der Waals surface area contributed by atoms with Crippen LogP contribution in [0.4, 0.5) is 4.39 Å². The topological polar surface area (TPSA) is 86.8 Å². The molecule has 0 radical (unpaired) electrons. The van der Waals surface area contributed by atoms with Gasteiger partial charge in [-0.3, -0.25) is 0 Å². The number of nitriles is 1. The normalized spacial score (nSPS) is 20.7. The Morgan fingerprint density at radius 3 is 2.96 bits per heavy atom. The van der Waals surface area contributed by atoms with E-state index in [4.69, 9.17) is 10.4 Å². The molecule has 1 aliphatic rings. The molecule has 1 aromatic heterocycles. The van der Waals surface area contributed by atoms with Crippen LogP contribution in [-0.4, -0.2) is 26.1 Å². The van der Waals surface area contributed by atoms with Crippen molar-refractivity contribution in [2.24, 2.45) is 0 Å². The predicted molar refractivity (Wildman–Crippen MR) is 85.2 cm³/mol. The lowest BCUT2D eigenvalue weighted by Crippen LogP contribution is -2.39. The first-order valence-electron chi connectivity index (χ1n) is 8.14. The van der Waals surface area contributed by atoms with Gasteiger partial charge in [-0.25, -0.2) is 9.07 Å². The van der Waals surface area contributed by atoms with Gasteiger partial charge in [-0.05, 0) is 30.5 Å². The van der Waals surface area contributed by atoms with Gasteiger partial charge in [0, 0.05) is 12.6 Å². The van der Waals surface area contributed by atoms with Crippen LogP contribution in [0.1, 0.15) is 48.5 Å². The van der Waals surface area contributed by atoms with Gasteiger partial charge in [0.1, 0.15) is 17.6 Å². The SMILES string of the molecule is N#Cc1cc(CN[C@H]2CCCC[C@H]2n2cc(CO)nn2)ccc1F. The first-order valence-corrected chi connectivity index (χ1v) is 8.14. The molecule has 1 heterocycles. The molecule has 1 fully saturated rings. The smallest absolute Gasteiger partial charge is 0.140 e. The molecule has 0 bridgehead atoms. The van der Waals surface area contributed by atoms with E-state index in [0.29, 0.717) is 12.2 Å². The quantitative estimate of drug-likeness (QED) is 0.877. The Kier molecular flexibility index (Phi) is 5.18. The zero-order chi connectivity index (χ0) is 16.9. The van der Waals surface area contributed by atoms with Crippen LogP contribution < -0.4 is 5.32 Å². The lowest BCUT2D eigenvalue weighted by atomic mass is 9.90. The first kappa shape index (κ1) is 16.6. The average Bonchev–Trinajstić information content (AvgIpc) is 3.10. The van der Waals surface area contributed by atoms with Gasteiger partial charge in [0.25, 0.3) is 0 Å². The van der Waals surface area contributed by atoms with Crippen LogP contribution in [0.2, 0.25) is 0 Å². The van der Waals surface area contributed by atoms with Crippen molar-refractivity contribution in [2.75, 3.05) is 0 Å². The Hall–Kier alpha value is -2.30. The molecular weight excluding hydrogens is 309 g/mol. The summed E-state index contributed by atoms with van der Waals surface area (Å²) >= 11 is 0. The van der Waals surface area contributed by atoms with Gasteiger partial charge in [0.2, 0.25) is 0 Å². The van der Waals surface area contributed by atoms with Crippen LogP contribution in [0.25, 0.3) is 0 Å². The number of rotatable bonds is 5. The van der Waals surface area contributed by atoms with E-state index >= 15 is 0 Å². The Morgan fingerprint density at radius 2 is 2.21 bits per heavy atom. The molecule has 126 valence electrons. The van der Waals surface area contributed by atoms with Crippen molar-refractivity contribution >= 4 is 0 Å². The Bertz CT molecular complexity index is 739. The number of aliphatic hydroxyl groups excluding tert-OH is 1. The van der Waals surface area contributed by atoms with Crippen LogP contribution in [-0.2, 0) is 13.2 Å². The summed E-state index contributed by atoms with van der Waals surface area (Å²) in [5.74, 6) is -0.490. The molecule has 1 aromatic carbocycles. The van der Waals surface area contributed by atoms with Crippen LogP contribution in [0.3, 0.4) is 0 Å². The van der Waals surface area contributed by atoms with Crippen molar-refractivity contribution in [3.63, 3.8) is 0 Å². The third kappa shape index (κ3) is 3.61. The summed E-state index contributed by atoms with van der Waals surface area (Å²) in [5.41, 5.74) is 1.52. The van der Waals surface area contributed by atoms with Gasteiger partial charge in [0.15, 0.2) is 0 Å². The Balaban J connectivity index is 1.69. The predicted octanol–water partition coefficient (Wildman–Crippen LogP) is 2.05. The van der Waals surface area contributed by atoms with Gasteiger partial charge >= 0.3 is 0 Å². The van der Waals surface area contributed by atoms with E-state index in [9.17, 15) is 4.39 Å². The molecule has 0 saturated heterocycles. The molecule has 0 spiro atoms. The zero-order valence-electron chi connectivity index (χ0n) is 13.3. The maximum Gasteiger partial charge on any atom is 0.140 e. The minimum atomic E-state index is -0.490. The molecule has 2 aromatic rings. The van der Waals surface area contributed by atoms with Crippen LogP contribution in [0.15, 0.2) is 24.4 Å². The summed E-state index contributed by atoms with van der Waals surface area (Å²) in [4.78, 5) is 0. The second-order valence-corrected chi connectivity index (χ2v) is 6.11. The summed E-state index contributed by atoms with van der Waals surface area (Å²) in [7, 11) is 0. The van der Waals surface area contributed by atoms with Crippen molar-refractivity contribution in [3.05, 3.63) is 47.0 Å². The average molecular weight is 329 g/mol. The summed E-state index contributed by atoms with van der Waals surface area (Å²) < 4.78 is 15.2. The Labute approximate surface area is 139 Å². The monoisotopic (exact) mass is 329 g/mol. The first-order chi connectivity index (χ1) is 11.7. The molecular formula is C17H20FN5O. The molecule has 1 saturated carbocycles. The van der Waals surface area contributed by atoms with Gasteiger partial charge in [-0.2, -0.15) is 5.26 Å². The van der Waals surface area contributed by atoms with Crippen molar-refractivity contribution in [1.29, 1.82) is 5.26 Å². The van der Waals surface area contributed by atoms with Crippen LogP contribution in [0.5, 0.6) is 0 Å². The maximum atomic E-state index is 13.4. The number of aliphatic hydroxyl groups is 1. The lowest BCUT2D eigenvalue weighted by molar-refractivity contribution is 0.242. The standard InChI is InChI=1S/C17H20FN5O/c18-15-6-5-12(7-13(15)8-19)9-20-16-3-1-2-4-17(16)23-10-14(11-24)21-22-23/h5-7,10,16-17,20,24H,1-4,9,11H2/t16-,17+/m0/s1. The second kappa shape index (κ2) is 7.51. The minimum absolute atomic E-state index is 0.0679. The fraction of sp³-hybridized carbons (Fsp3) is 0.471. The molecule has 7 heteroatoms. The van der Waals surface area contributed by atoms with Crippen molar-refractivity contribution in [2.45, 2.75) is 50.9 Å². The fourth-order valence-electron chi connectivity index (χ4n) is 3.23. The summed E-state index contributed by atoms with van der Waals surface area (Å²) in [6.45, 7) is 0.453. The van der Waals surface area contributed by atoms with Crippen molar-refractivity contribution in [1.82, 2.24) is 20.3 Å². The highest BCUT2D eigenvalue weighted by Crippen LogP contribution is 2.28. The summed E-state index contributed by atoms with van der Waals surface area (Å²) in [6.07, 6.45) is 6.08. The highest BCUT2D eigenvalue weighted by Gasteiger charge is 2.27. The third-order valence-electron chi connectivity index (χ3n) is 4.51. The zero-order valence-corrected chi connectivity index (χ0v) is 13.3. The molecule has 6 nitrogen and oxygen atoms in total. The number of hydrogen-bond donors (Lipinski definition) is 2. The highest BCUT2D eigenvalue weighted by atomic mass is 19.1. The molecule has 1 aliphatic carbocycles. The molecule has 3 rings (SSSR count). The van der Waals surface area contributed by atoms with Gasteiger partial charge in [0.05, 0.1) is 24.4 Å². The van der Waals surface area contributed by atoms with E-state index in [1.807, 2.05) is 10.8 Å². The number of halogens is 1. The summed E-state index contributed by atoms with van der Waals surface area (Å²) in [6, 6.07) is 6.89. The van der Waals surface area contributed by atoms with E-state index in [-0.39, 0.29) is 24.3 Å². The third-order valence-corrected chi connectivity index (χ3v) is 4.51. The van der Waals surface area contributed by atoms with Crippen LogP contribution in [0, 0.1) is 17.1 Å². The number of benzene rings is 1. The van der Waals surface area contributed by atoms with E-state index in [1.54, 1.807) is 18.3 Å². The van der Waals surface area contributed by atoms with Crippen molar-refractivity contribution in [3.8, 4) is 6.07 Å². The van der Waals surface area contributed by atoms with E-state index < -0.39 is 5.82 Å². The maximum absolute atomic E-state index is 13.4. The number of nitrogens with zero attached hydrogens (tertiary/aromatic N) is 4. The summed E-state index contributed by atoms with van der Waals surface area (Å²) in [5, 5.41) is 29.7. The molecule has 24 heavy (non-hydrogen) atoms. The van der Waals surface area contributed by atoms with E-state index in [2.05, 4.69) is 15.6 Å². The van der Waals surface area contributed by atoms with Crippen LogP contribution >= 0.6 is 0 Å². The van der Waals surface area contributed by atoms with Gasteiger partial charge in [-0.1, -0.05) is 24.1 Å². The Morgan fingerprint density at radius 1 is 1.38 bits per heavy atom. The molecule has 0 aliphatic heterocycles. The van der Waals surface area contributed by atoms with Gasteiger partial charge < -0.3 is 10.4 Å². The molecule has 0 unspecified atom stereocenters. The molecule has 0 amide bonds. The van der Waals surface area contributed by atoms with Gasteiger partial charge in [-0.15, -0.1) is 5.10 Å². The number of nitrogens with one attached hydrogen (secondary N) is 1. The van der Waals surface area contributed by atoms with E-state index in [1.165, 1.54) is 6.07 Å². The number of aromatic nitrogens is 3. The highest BCUT2D eigenvalue weighted by molar-refractivity contribution is 5.34. The second-order valence-electron chi connectivity index (χ2n) is 6.11. The fourth-order valence-corrected chi connectivity index (χ4v) is 3.23. The molecule has 2 N–H and O–H groups in total. The van der Waals surface area contributed by atoms with E-state index in [0.717, 1.165) is 31.2 Å². The minimum Gasteiger partial charge on any atom is -0.390 e. The number of hydrogen-bond acceptors (Lipinski definition) is 5.